The third kappa shape index (κ3) is 10.4. The average Bonchev–Trinajstić information content (AvgIpc) is 3.20. The highest BCUT2D eigenvalue weighted by Gasteiger charge is 2.32. The highest BCUT2D eigenvalue weighted by atomic mass is 127. The fourth-order valence-electron chi connectivity index (χ4n) is 2.42. The number of sulfone groups is 1. The summed E-state index contributed by atoms with van der Waals surface area (Å²) in [7, 11) is 1.30. The second-order valence-electron chi connectivity index (χ2n) is 6.55. The van der Waals surface area contributed by atoms with Gasteiger partial charge in [-0.1, -0.05) is 0 Å². The maximum Gasteiger partial charge on any atom is 0.191 e. The molecule has 23 heavy (non-hydrogen) atoms. The first kappa shape index (κ1) is 22.9. The number of halogens is 1. The van der Waals surface area contributed by atoms with Gasteiger partial charge in [-0.05, 0) is 53.1 Å². The van der Waals surface area contributed by atoms with E-state index in [4.69, 9.17) is 0 Å². The number of likely N-dealkylation sites (N-methyl/N-ethyl adjacent to an activating group) is 1. The topological polar surface area (TPSA) is 73.8 Å². The van der Waals surface area contributed by atoms with Crippen LogP contribution in [-0.2, 0) is 9.84 Å². The van der Waals surface area contributed by atoms with Gasteiger partial charge in [-0.2, -0.15) is 0 Å². The zero-order valence-electron chi connectivity index (χ0n) is 15.0. The molecule has 0 spiro atoms. The highest BCUT2D eigenvalue weighted by molar-refractivity contribution is 14.0. The van der Waals surface area contributed by atoms with E-state index in [9.17, 15) is 8.42 Å². The Bertz CT molecular complexity index is 462. The number of hydrogen-bond donors (Lipinski definition) is 2. The molecule has 0 aromatic rings. The molecule has 8 heteroatoms. The number of hydrogen-bond acceptors (Lipinski definition) is 4. The predicted octanol–water partition coefficient (Wildman–Crippen LogP) is 1.32. The van der Waals surface area contributed by atoms with E-state index in [1.54, 1.807) is 0 Å². The Morgan fingerprint density at radius 1 is 1.35 bits per heavy atom. The summed E-state index contributed by atoms with van der Waals surface area (Å²) in [6.07, 6.45) is 4.46. The van der Waals surface area contributed by atoms with E-state index < -0.39 is 9.84 Å². The molecule has 2 unspecified atom stereocenters. The van der Waals surface area contributed by atoms with Gasteiger partial charge in [0.2, 0.25) is 0 Å². The van der Waals surface area contributed by atoms with Crippen molar-refractivity contribution in [2.24, 2.45) is 10.9 Å². The van der Waals surface area contributed by atoms with E-state index in [2.05, 4.69) is 34.6 Å². The molecule has 0 bridgehead atoms. The molecule has 0 heterocycles. The minimum absolute atomic E-state index is 0. The van der Waals surface area contributed by atoms with Gasteiger partial charge in [0.15, 0.2) is 5.96 Å². The number of aliphatic imine (C=N–C) groups is 1. The molecular weight excluding hydrogens is 427 g/mol. The Labute approximate surface area is 158 Å². The average molecular weight is 460 g/mol. The fourth-order valence-corrected chi connectivity index (χ4v) is 3.20. The molecule has 0 saturated heterocycles. The Kier molecular flexibility index (Phi) is 10.7. The number of guanidine groups is 1. The van der Waals surface area contributed by atoms with Crippen molar-refractivity contribution in [3.05, 3.63) is 0 Å². The van der Waals surface area contributed by atoms with Crippen molar-refractivity contribution < 1.29 is 8.42 Å². The van der Waals surface area contributed by atoms with E-state index in [0.717, 1.165) is 25.0 Å². The van der Waals surface area contributed by atoms with Crippen LogP contribution in [0, 0.1) is 5.92 Å². The van der Waals surface area contributed by atoms with E-state index in [1.807, 2.05) is 13.8 Å². The number of rotatable bonds is 9. The van der Waals surface area contributed by atoms with E-state index >= 15 is 0 Å². The van der Waals surface area contributed by atoms with Crippen LogP contribution in [0.15, 0.2) is 4.99 Å². The van der Waals surface area contributed by atoms with E-state index in [-0.39, 0.29) is 35.8 Å². The molecule has 0 aromatic carbocycles. The van der Waals surface area contributed by atoms with Gasteiger partial charge in [-0.3, -0.25) is 4.99 Å². The molecule has 1 aliphatic rings. The molecule has 2 atom stereocenters. The zero-order valence-corrected chi connectivity index (χ0v) is 18.1. The largest absolute Gasteiger partial charge is 0.357 e. The first-order valence-electron chi connectivity index (χ1n) is 8.12. The molecule has 0 aliphatic heterocycles. The van der Waals surface area contributed by atoms with Gasteiger partial charge in [-0.25, -0.2) is 8.42 Å². The smallest absolute Gasteiger partial charge is 0.191 e. The third-order valence-corrected chi connectivity index (χ3v) is 4.89. The van der Waals surface area contributed by atoms with Gasteiger partial charge in [0, 0.05) is 24.9 Å². The first-order valence-corrected chi connectivity index (χ1v) is 10.2. The minimum atomic E-state index is -2.91. The third-order valence-electron chi connectivity index (χ3n) is 3.91. The lowest BCUT2D eigenvalue weighted by molar-refractivity contribution is 0.271. The molecule has 1 rings (SSSR count). The molecule has 0 amide bonds. The molecular formula is C15H33IN4O2S. The maximum absolute atomic E-state index is 11.2. The summed E-state index contributed by atoms with van der Waals surface area (Å²) in [6.45, 7) is 5.58. The fraction of sp³-hybridized carbons (Fsp3) is 0.933. The lowest BCUT2D eigenvalue weighted by Crippen LogP contribution is -2.44. The van der Waals surface area contributed by atoms with Crippen molar-refractivity contribution in [3.63, 3.8) is 0 Å². The van der Waals surface area contributed by atoms with Crippen molar-refractivity contribution >= 4 is 39.8 Å². The summed E-state index contributed by atoms with van der Waals surface area (Å²) in [5.74, 6) is 1.74. The summed E-state index contributed by atoms with van der Waals surface area (Å²) >= 11 is 0. The zero-order chi connectivity index (χ0) is 16.8. The summed E-state index contributed by atoms with van der Waals surface area (Å²) in [4.78, 5) is 6.93. The van der Waals surface area contributed by atoms with Gasteiger partial charge in [-0.15, -0.1) is 24.0 Å². The van der Waals surface area contributed by atoms with Gasteiger partial charge >= 0.3 is 0 Å². The molecule has 138 valence electrons. The van der Waals surface area contributed by atoms with Crippen molar-refractivity contribution in [2.75, 3.05) is 39.2 Å². The van der Waals surface area contributed by atoms with Gasteiger partial charge in [0.05, 0.1) is 12.3 Å². The standard InChI is InChI=1S/C15H32N4O2S.HI/c1-6-16-15(18-12(2)9-10-22(5,20)21)17-11-14(19(3)4)13-7-8-13;/h12-14H,6-11H2,1-5H3,(H2,16,17,18);1H. The first-order chi connectivity index (χ1) is 10.2. The summed E-state index contributed by atoms with van der Waals surface area (Å²) < 4.78 is 22.5. The van der Waals surface area contributed by atoms with Gasteiger partial charge in [0.1, 0.15) is 9.84 Å². The van der Waals surface area contributed by atoms with Crippen LogP contribution in [0.5, 0.6) is 0 Å². The second kappa shape index (κ2) is 10.7. The molecule has 1 fully saturated rings. The predicted molar refractivity (Wildman–Crippen MR) is 109 cm³/mol. The monoisotopic (exact) mass is 460 g/mol. The quantitative estimate of drug-likeness (QED) is 0.309. The lowest BCUT2D eigenvalue weighted by Gasteiger charge is -2.23. The highest BCUT2D eigenvalue weighted by Crippen LogP contribution is 2.34. The van der Waals surface area contributed by atoms with Crippen molar-refractivity contribution in [3.8, 4) is 0 Å². The normalized spacial score (nSPS) is 18.3. The molecule has 6 nitrogen and oxygen atoms in total. The van der Waals surface area contributed by atoms with Crippen LogP contribution < -0.4 is 10.6 Å². The SMILES string of the molecule is CCNC(=NCC(C1CC1)N(C)C)NC(C)CCS(C)(=O)=O.I. The van der Waals surface area contributed by atoms with E-state index in [0.29, 0.717) is 12.5 Å². The Morgan fingerprint density at radius 2 is 1.96 bits per heavy atom. The second-order valence-corrected chi connectivity index (χ2v) is 8.81. The van der Waals surface area contributed by atoms with Crippen molar-refractivity contribution in [2.45, 2.75) is 45.2 Å². The lowest BCUT2D eigenvalue weighted by atomic mass is 10.2. The van der Waals surface area contributed by atoms with Crippen LogP contribution in [0.2, 0.25) is 0 Å². The van der Waals surface area contributed by atoms with Crippen LogP contribution in [0.1, 0.15) is 33.1 Å². The number of nitrogens with zero attached hydrogens (tertiary/aromatic N) is 2. The molecule has 0 aromatic heterocycles. The van der Waals surface area contributed by atoms with Crippen LogP contribution >= 0.6 is 24.0 Å². The van der Waals surface area contributed by atoms with Gasteiger partial charge < -0.3 is 15.5 Å². The molecule has 2 N–H and O–H groups in total. The number of nitrogens with one attached hydrogen (secondary N) is 2. The van der Waals surface area contributed by atoms with Crippen LogP contribution in [0.3, 0.4) is 0 Å². The Morgan fingerprint density at radius 3 is 2.39 bits per heavy atom. The van der Waals surface area contributed by atoms with Crippen molar-refractivity contribution in [1.29, 1.82) is 0 Å². The van der Waals surface area contributed by atoms with Crippen LogP contribution in [0.25, 0.3) is 0 Å². The van der Waals surface area contributed by atoms with Crippen LogP contribution in [0.4, 0.5) is 0 Å². The molecule has 1 saturated carbocycles. The minimum Gasteiger partial charge on any atom is -0.357 e. The van der Waals surface area contributed by atoms with Crippen molar-refractivity contribution in [1.82, 2.24) is 15.5 Å². The summed E-state index contributed by atoms with van der Waals surface area (Å²) in [5, 5.41) is 6.54. The molecule has 1 aliphatic carbocycles. The van der Waals surface area contributed by atoms with Gasteiger partial charge in [0.25, 0.3) is 0 Å². The Balaban J connectivity index is 0.00000484. The summed E-state index contributed by atoms with van der Waals surface area (Å²) in [5.41, 5.74) is 0. The maximum atomic E-state index is 11.2. The molecule has 0 radical (unpaired) electrons. The summed E-state index contributed by atoms with van der Waals surface area (Å²) in [6, 6.07) is 0.563. The van der Waals surface area contributed by atoms with E-state index in [1.165, 1.54) is 19.1 Å². The Hall–Kier alpha value is -0.0900. The van der Waals surface area contributed by atoms with Crippen LogP contribution in [-0.4, -0.2) is 70.6 Å².